The molecule has 0 atom stereocenters. The smallest absolute Gasteiger partial charge is 0.123 e. The molecule has 3 heteroatoms. The highest BCUT2D eigenvalue weighted by molar-refractivity contribution is 5.41. The fraction of sp³-hybridized carbons (Fsp3) is 0.600. The lowest BCUT2D eigenvalue weighted by atomic mass is 10.00. The lowest BCUT2D eigenvalue weighted by Crippen LogP contribution is -2.26. The Morgan fingerprint density at radius 1 is 1.39 bits per heavy atom. The van der Waals surface area contributed by atoms with E-state index >= 15 is 0 Å². The summed E-state index contributed by atoms with van der Waals surface area (Å²) < 4.78 is 5.87. The average Bonchev–Trinajstić information content (AvgIpc) is 2.61. The summed E-state index contributed by atoms with van der Waals surface area (Å²) in [5, 5.41) is 9.01. The largest absolute Gasteiger partial charge is 0.487 e. The second kappa shape index (κ2) is 5.29. The van der Waals surface area contributed by atoms with E-state index in [1.54, 1.807) is 0 Å². The number of benzene rings is 1. The summed E-state index contributed by atoms with van der Waals surface area (Å²) in [6, 6.07) is 6.44. The van der Waals surface area contributed by atoms with E-state index < -0.39 is 0 Å². The molecule has 0 saturated heterocycles. The molecule has 0 spiro atoms. The maximum atomic E-state index is 9.01. The van der Waals surface area contributed by atoms with Crippen LogP contribution >= 0.6 is 0 Å². The third-order valence-corrected chi connectivity index (χ3v) is 3.40. The van der Waals surface area contributed by atoms with Gasteiger partial charge in [0.15, 0.2) is 0 Å². The molecule has 0 unspecified atom stereocenters. The van der Waals surface area contributed by atoms with Crippen LogP contribution in [0.5, 0.6) is 5.75 Å². The summed E-state index contributed by atoms with van der Waals surface area (Å²) >= 11 is 0. The lowest BCUT2D eigenvalue weighted by Gasteiger charge is -2.19. The van der Waals surface area contributed by atoms with Crippen molar-refractivity contribution >= 4 is 0 Å². The highest BCUT2D eigenvalue weighted by atomic mass is 16.5. The number of likely N-dealkylation sites (N-methyl/N-ethyl adjacent to an activating group) is 1. The van der Waals surface area contributed by atoms with E-state index in [-0.39, 0.29) is 12.2 Å². The zero-order valence-electron chi connectivity index (χ0n) is 11.6. The number of aliphatic hydroxyl groups excluding tert-OH is 1. The Morgan fingerprint density at radius 2 is 2.17 bits per heavy atom. The van der Waals surface area contributed by atoms with E-state index in [0.29, 0.717) is 0 Å². The summed E-state index contributed by atoms with van der Waals surface area (Å²) in [6.45, 7) is 9.16. The first-order valence-electron chi connectivity index (χ1n) is 6.68. The molecule has 1 aliphatic rings. The van der Waals surface area contributed by atoms with Crippen molar-refractivity contribution in [2.45, 2.75) is 39.3 Å². The molecule has 2 rings (SSSR count). The molecule has 0 fully saturated rings. The van der Waals surface area contributed by atoms with Gasteiger partial charge >= 0.3 is 0 Å². The van der Waals surface area contributed by atoms with Gasteiger partial charge in [-0.2, -0.15) is 0 Å². The van der Waals surface area contributed by atoms with Crippen LogP contribution < -0.4 is 4.74 Å². The third-order valence-electron chi connectivity index (χ3n) is 3.40. The van der Waals surface area contributed by atoms with Crippen molar-refractivity contribution in [1.29, 1.82) is 0 Å². The van der Waals surface area contributed by atoms with Gasteiger partial charge in [-0.1, -0.05) is 19.1 Å². The van der Waals surface area contributed by atoms with Crippen molar-refractivity contribution in [2.24, 2.45) is 0 Å². The monoisotopic (exact) mass is 249 g/mol. The van der Waals surface area contributed by atoms with Crippen molar-refractivity contribution in [3.8, 4) is 5.75 Å². The van der Waals surface area contributed by atoms with Gasteiger partial charge in [0.25, 0.3) is 0 Å². The number of rotatable bonds is 5. The molecule has 1 aliphatic heterocycles. The van der Waals surface area contributed by atoms with E-state index in [9.17, 15) is 0 Å². The predicted octanol–water partition coefficient (Wildman–Crippen LogP) is 2.21. The number of ether oxygens (including phenoxy) is 1. The van der Waals surface area contributed by atoms with Crippen molar-refractivity contribution in [3.05, 3.63) is 29.3 Å². The van der Waals surface area contributed by atoms with Gasteiger partial charge in [0.05, 0.1) is 6.61 Å². The first kappa shape index (κ1) is 13.4. The van der Waals surface area contributed by atoms with Gasteiger partial charge in [0.2, 0.25) is 0 Å². The SMILES string of the molecule is CCN(CCO)Cc1ccc2c(c1)CC(C)(C)O2. The fourth-order valence-electron chi connectivity index (χ4n) is 2.51. The Labute approximate surface area is 109 Å². The molecule has 0 aliphatic carbocycles. The highest BCUT2D eigenvalue weighted by Gasteiger charge is 2.29. The minimum absolute atomic E-state index is 0.0729. The molecule has 1 aromatic rings. The van der Waals surface area contributed by atoms with Crippen LogP contribution in [0.3, 0.4) is 0 Å². The molecule has 3 nitrogen and oxygen atoms in total. The van der Waals surface area contributed by atoms with Gasteiger partial charge in [-0.15, -0.1) is 0 Å². The molecule has 18 heavy (non-hydrogen) atoms. The number of hydrogen-bond donors (Lipinski definition) is 1. The van der Waals surface area contributed by atoms with Gasteiger partial charge in [-0.3, -0.25) is 4.90 Å². The summed E-state index contributed by atoms with van der Waals surface area (Å²) in [7, 11) is 0. The Morgan fingerprint density at radius 3 is 2.83 bits per heavy atom. The molecule has 0 aromatic heterocycles. The highest BCUT2D eigenvalue weighted by Crippen LogP contribution is 2.35. The average molecular weight is 249 g/mol. The topological polar surface area (TPSA) is 32.7 Å². The summed E-state index contributed by atoms with van der Waals surface area (Å²) in [6.07, 6.45) is 0.975. The van der Waals surface area contributed by atoms with Crippen LogP contribution in [0, 0.1) is 0 Å². The maximum absolute atomic E-state index is 9.01. The van der Waals surface area contributed by atoms with Crippen LogP contribution in [0.25, 0.3) is 0 Å². The minimum Gasteiger partial charge on any atom is -0.487 e. The molecule has 100 valence electrons. The van der Waals surface area contributed by atoms with Crippen LogP contribution in [0.4, 0.5) is 0 Å². The summed E-state index contributed by atoms with van der Waals surface area (Å²) in [5.74, 6) is 1.02. The van der Waals surface area contributed by atoms with E-state index in [2.05, 4.69) is 43.9 Å². The fourth-order valence-corrected chi connectivity index (χ4v) is 2.51. The molecular formula is C15H23NO2. The van der Waals surface area contributed by atoms with Gasteiger partial charge in [-0.05, 0) is 37.6 Å². The second-order valence-corrected chi connectivity index (χ2v) is 5.57. The molecule has 0 bridgehead atoms. The molecule has 0 radical (unpaired) electrons. The minimum atomic E-state index is -0.0729. The Balaban J connectivity index is 2.09. The third kappa shape index (κ3) is 3.03. The van der Waals surface area contributed by atoms with Crippen LogP contribution in [0.2, 0.25) is 0 Å². The zero-order valence-corrected chi connectivity index (χ0v) is 11.6. The molecule has 1 heterocycles. The maximum Gasteiger partial charge on any atom is 0.123 e. The Kier molecular flexibility index (Phi) is 3.93. The van der Waals surface area contributed by atoms with Crippen LogP contribution in [-0.2, 0) is 13.0 Å². The first-order valence-corrected chi connectivity index (χ1v) is 6.68. The molecule has 0 saturated carbocycles. The van der Waals surface area contributed by atoms with Crippen molar-refractivity contribution in [1.82, 2.24) is 4.90 Å². The van der Waals surface area contributed by atoms with Crippen molar-refractivity contribution in [2.75, 3.05) is 19.7 Å². The van der Waals surface area contributed by atoms with E-state index in [0.717, 1.165) is 31.8 Å². The van der Waals surface area contributed by atoms with E-state index in [1.807, 2.05) is 0 Å². The summed E-state index contributed by atoms with van der Waals surface area (Å²) in [4.78, 5) is 2.24. The molecule has 1 N–H and O–H groups in total. The van der Waals surface area contributed by atoms with Crippen LogP contribution in [0.15, 0.2) is 18.2 Å². The molecule has 1 aromatic carbocycles. The van der Waals surface area contributed by atoms with Crippen molar-refractivity contribution < 1.29 is 9.84 Å². The van der Waals surface area contributed by atoms with Gasteiger partial charge in [-0.25, -0.2) is 0 Å². The molecular weight excluding hydrogens is 226 g/mol. The van der Waals surface area contributed by atoms with Gasteiger partial charge in [0, 0.05) is 19.5 Å². The van der Waals surface area contributed by atoms with E-state index in [4.69, 9.17) is 9.84 Å². The normalized spacial score (nSPS) is 16.7. The zero-order chi connectivity index (χ0) is 13.2. The lowest BCUT2D eigenvalue weighted by molar-refractivity contribution is 0.138. The van der Waals surface area contributed by atoms with Crippen LogP contribution in [-0.4, -0.2) is 35.3 Å². The van der Waals surface area contributed by atoms with Crippen LogP contribution in [0.1, 0.15) is 31.9 Å². The number of nitrogens with zero attached hydrogens (tertiary/aromatic N) is 1. The molecule has 0 amide bonds. The Bertz CT molecular complexity index is 415. The summed E-state index contributed by atoms with van der Waals surface area (Å²) in [5.41, 5.74) is 2.53. The standard InChI is InChI=1S/C15H23NO2/c1-4-16(7-8-17)11-12-5-6-14-13(9-12)10-15(2,3)18-14/h5-6,9,17H,4,7-8,10-11H2,1-3H3. The predicted molar refractivity (Wildman–Crippen MR) is 72.9 cm³/mol. The quantitative estimate of drug-likeness (QED) is 0.868. The second-order valence-electron chi connectivity index (χ2n) is 5.57. The Hall–Kier alpha value is -1.06. The van der Waals surface area contributed by atoms with Gasteiger partial charge in [0.1, 0.15) is 11.4 Å². The number of hydrogen-bond acceptors (Lipinski definition) is 3. The number of fused-ring (bicyclic) bond motifs is 1. The van der Waals surface area contributed by atoms with Crippen molar-refractivity contribution in [3.63, 3.8) is 0 Å². The number of aliphatic hydroxyl groups is 1. The van der Waals surface area contributed by atoms with E-state index in [1.165, 1.54) is 11.1 Å². The first-order chi connectivity index (χ1) is 8.54. The van der Waals surface area contributed by atoms with Gasteiger partial charge < -0.3 is 9.84 Å².